The first-order chi connectivity index (χ1) is 6.91. The summed E-state index contributed by atoms with van der Waals surface area (Å²) < 4.78 is 0. The summed E-state index contributed by atoms with van der Waals surface area (Å²) in [5.74, 6) is 7.59. The van der Waals surface area contributed by atoms with Crippen LogP contribution in [0.1, 0.15) is 58.3 Å². The molecule has 0 spiro atoms. The van der Waals surface area contributed by atoms with Gasteiger partial charge in [0.15, 0.2) is 6.11 Å². The second kappa shape index (κ2) is 11.9. The molecule has 0 aliphatic rings. The summed E-state index contributed by atoms with van der Waals surface area (Å²) in [6.45, 7) is 2.23. The van der Waals surface area contributed by atoms with Crippen LogP contribution in [0.3, 0.4) is 0 Å². The van der Waals surface area contributed by atoms with E-state index < -0.39 is 0 Å². The van der Waals surface area contributed by atoms with Crippen molar-refractivity contribution in [2.24, 2.45) is 0 Å². The molecule has 14 heavy (non-hydrogen) atoms. The topological polar surface area (TPSA) is 19.9 Å². The van der Waals surface area contributed by atoms with Gasteiger partial charge in [0.1, 0.15) is 0 Å². The molecule has 0 unspecified atom stereocenters. The summed E-state index contributed by atoms with van der Waals surface area (Å²) in [6.07, 6.45) is 11.5. The van der Waals surface area contributed by atoms with Gasteiger partial charge in [-0.25, -0.2) is 5.11 Å². The van der Waals surface area contributed by atoms with Crippen molar-refractivity contribution in [1.29, 1.82) is 0 Å². The zero-order valence-corrected chi connectivity index (χ0v) is 9.07. The van der Waals surface area contributed by atoms with Crippen molar-refractivity contribution >= 4 is 0 Å². The molecule has 0 N–H and O–H groups in total. The number of unbranched alkanes of at least 4 members (excludes halogenated alkanes) is 7. The van der Waals surface area contributed by atoms with E-state index in [1.807, 2.05) is 0 Å². The molecule has 0 fully saturated rings. The monoisotopic (exact) mass is 191 g/mol. The Morgan fingerprint density at radius 1 is 0.857 bits per heavy atom. The van der Waals surface area contributed by atoms with Gasteiger partial charge in [-0.1, -0.05) is 51.4 Å². The first-order valence-corrected chi connectivity index (χ1v) is 5.51. The van der Waals surface area contributed by atoms with E-state index in [1.54, 1.807) is 0 Å². The van der Waals surface area contributed by atoms with Gasteiger partial charge in [-0.05, 0) is 12.3 Å². The maximum Gasteiger partial charge on any atom is 0.186 e. The smallest absolute Gasteiger partial charge is 0.186 e. The average molecular weight is 191 g/mol. The molecule has 77 valence electrons. The summed E-state index contributed by atoms with van der Waals surface area (Å²) in [5, 5.41) is 9.70. The minimum Gasteiger partial charge on any atom is -0.223 e. The van der Waals surface area contributed by atoms with Crippen molar-refractivity contribution in [1.82, 2.24) is 0 Å². The first kappa shape index (κ1) is 12.9. The Labute approximate surface area is 87.9 Å². The lowest BCUT2D eigenvalue weighted by atomic mass is 10.1. The third-order valence-electron chi connectivity index (χ3n) is 2.11. The molecule has 0 saturated heterocycles. The van der Waals surface area contributed by atoms with E-state index in [9.17, 15) is 5.11 Å². The second-order valence-corrected chi connectivity index (χ2v) is 3.40. The second-order valence-electron chi connectivity index (χ2n) is 3.40. The van der Waals surface area contributed by atoms with Crippen molar-refractivity contribution in [2.45, 2.75) is 58.3 Å². The number of hydrogen-bond donors (Lipinski definition) is 0. The lowest BCUT2D eigenvalue weighted by molar-refractivity contribution is 0.392. The largest absolute Gasteiger partial charge is 0.223 e. The molecule has 1 radical (unpaired) electrons. The zero-order chi connectivity index (χ0) is 10.5. The third-order valence-corrected chi connectivity index (χ3v) is 2.11. The molecule has 1 heteroatoms. The minimum absolute atomic E-state index is 0.877. The molecule has 0 atom stereocenters. The molecule has 0 heterocycles. The van der Waals surface area contributed by atoms with Crippen LogP contribution in [0.2, 0.25) is 0 Å². The van der Waals surface area contributed by atoms with Crippen molar-refractivity contribution in [3.63, 3.8) is 0 Å². The Morgan fingerprint density at radius 2 is 1.50 bits per heavy atom. The van der Waals surface area contributed by atoms with E-state index in [-0.39, 0.29) is 0 Å². The Bertz CT molecular complexity index is 221. The average Bonchev–Trinajstić information content (AvgIpc) is 2.21. The lowest BCUT2D eigenvalue weighted by Crippen LogP contribution is -1.78. The van der Waals surface area contributed by atoms with E-state index in [0.717, 1.165) is 12.8 Å². The molecule has 1 nitrogen and oxygen atoms in total. The third kappa shape index (κ3) is 10.9. The van der Waals surface area contributed by atoms with Gasteiger partial charge in [0.25, 0.3) is 0 Å². The molecule has 0 saturated carbocycles. The molecule has 0 aliphatic heterocycles. The standard InChI is InChI=1S/C13H19O/c1-2-3-4-5-6-7-8-9-10-11-12-13-14/h2-9H2,1H3. The summed E-state index contributed by atoms with van der Waals surface area (Å²) >= 11 is 0. The van der Waals surface area contributed by atoms with Gasteiger partial charge < -0.3 is 0 Å². The van der Waals surface area contributed by atoms with E-state index in [4.69, 9.17) is 0 Å². The molecular weight excluding hydrogens is 172 g/mol. The number of rotatable bonds is 7. The van der Waals surface area contributed by atoms with E-state index in [2.05, 4.69) is 24.7 Å². The molecule has 0 amide bonds. The fourth-order valence-electron chi connectivity index (χ4n) is 1.30. The summed E-state index contributed by atoms with van der Waals surface area (Å²) in [4.78, 5) is 0. The summed E-state index contributed by atoms with van der Waals surface area (Å²) in [5.41, 5.74) is 0. The quantitative estimate of drug-likeness (QED) is 0.433. The van der Waals surface area contributed by atoms with Gasteiger partial charge in [-0.2, -0.15) is 0 Å². The predicted molar refractivity (Wildman–Crippen MR) is 58.8 cm³/mol. The highest BCUT2D eigenvalue weighted by molar-refractivity contribution is 5.23. The Morgan fingerprint density at radius 3 is 2.14 bits per heavy atom. The van der Waals surface area contributed by atoms with Gasteiger partial charge in [0.05, 0.1) is 0 Å². The van der Waals surface area contributed by atoms with Crippen LogP contribution in [0.25, 0.3) is 0 Å². The minimum atomic E-state index is 0.877. The maximum absolute atomic E-state index is 9.70. The molecular formula is C13H19O. The predicted octanol–water partition coefficient (Wildman–Crippen LogP) is 3.52. The van der Waals surface area contributed by atoms with Crippen LogP contribution in [0.15, 0.2) is 0 Å². The first-order valence-electron chi connectivity index (χ1n) is 5.51. The van der Waals surface area contributed by atoms with E-state index >= 15 is 0 Å². The van der Waals surface area contributed by atoms with Crippen molar-refractivity contribution in [3.8, 4) is 23.9 Å². The maximum atomic E-state index is 9.70. The van der Waals surface area contributed by atoms with Crippen LogP contribution in [0.4, 0.5) is 0 Å². The Balaban J connectivity index is 3.06. The van der Waals surface area contributed by atoms with Crippen LogP contribution >= 0.6 is 0 Å². The number of hydrogen-bond acceptors (Lipinski definition) is 0. The Hall–Kier alpha value is -1.08. The van der Waals surface area contributed by atoms with Gasteiger partial charge in [0.2, 0.25) is 0 Å². The SMILES string of the molecule is CCCCCCCCCC#CC#C[O]. The van der Waals surface area contributed by atoms with Gasteiger partial charge in [0, 0.05) is 12.3 Å². The van der Waals surface area contributed by atoms with Crippen LogP contribution in [-0.2, 0) is 5.11 Å². The Kier molecular flexibility index (Phi) is 11.0. The molecule has 0 aliphatic carbocycles. The fraction of sp³-hybridized carbons (Fsp3) is 0.692. The van der Waals surface area contributed by atoms with Crippen molar-refractivity contribution in [3.05, 3.63) is 0 Å². The van der Waals surface area contributed by atoms with Gasteiger partial charge >= 0.3 is 0 Å². The highest BCUT2D eigenvalue weighted by Crippen LogP contribution is 2.07. The molecule has 0 aromatic heterocycles. The highest BCUT2D eigenvalue weighted by atomic mass is 16.2. The van der Waals surface area contributed by atoms with Crippen molar-refractivity contribution in [2.75, 3.05) is 0 Å². The van der Waals surface area contributed by atoms with Crippen molar-refractivity contribution < 1.29 is 5.11 Å². The summed E-state index contributed by atoms with van der Waals surface area (Å²) in [7, 11) is 0. The summed E-state index contributed by atoms with van der Waals surface area (Å²) in [6, 6.07) is 0. The molecule has 0 aromatic carbocycles. The van der Waals surface area contributed by atoms with E-state index in [0.29, 0.717) is 0 Å². The van der Waals surface area contributed by atoms with Crippen LogP contribution in [0, 0.1) is 23.9 Å². The molecule has 0 aromatic rings. The van der Waals surface area contributed by atoms with Crippen LogP contribution in [0.5, 0.6) is 0 Å². The van der Waals surface area contributed by atoms with E-state index in [1.165, 1.54) is 44.6 Å². The lowest BCUT2D eigenvalue weighted by Gasteiger charge is -1.97. The van der Waals surface area contributed by atoms with Crippen LogP contribution in [-0.4, -0.2) is 0 Å². The van der Waals surface area contributed by atoms with Gasteiger partial charge in [-0.3, -0.25) is 0 Å². The normalized spacial score (nSPS) is 8.36. The van der Waals surface area contributed by atoms with Crippen LogP contribution < -0.4 is 0 Å². The molecule has 0 bridgehead atoms. The zero-order valence-electron chi connectivity index (χ0n) is 9.07. The fourth-order valence-corrected chi connectivity index (χ4v) is 1.30. The molecule has 0 rings (SSSR count). The highest BCUT2D eigenvalue weighted by Gasteiger charge is 1.88. The van der Waals surface area contributed by atoms with Gasteiger partial charge in [-0.15, -0.1) is 0 Å².